The van der Waals surface area contributed by atoms with Crippen molar-refractivity contribution in [2.45, 2.75) is 18.9 Å². The van der Waals surface area contributed by atoms with Gasteiger partial charge < -0.3 is 15.4 Å². The van der Waals surface area contributed by atoms with E-state index in [0.29, 0.717) is 18.2 Å². The van der Waals surface area contributed by atoms with E-state index in [4.69, 9.17) is 16.3 Å². The van der Waals surface area contributed by atoms with Crippen molar-refractivity contribution in [2.75, 3.05) is 19.7 Å². The van der Waals surface area contributed by atoms with Gasteiger partial charge in [-0.3, -0.25) is 4.79 Å². The summed E-state index contributed by atoms with van der Waals surface area (Å²) in [5, 5.41) is 6.69. The number of carbonyl (C=O) groups is 1. The Morgan fingerprint density at radius 3 is 2.89 bits per heavy atom. The molecule has 1 aromatic rings. The van der Waals surface area contributed by atoms with E-state index in [0.717, 1.165) is 25.1 Å². The normalized spacial score (nSPS) is 18.6. The van der Waals surface area contributed by atoms with Crippen LogP contribution in [0.1, 0.15) is 12.8 Å². The lowest BCUT2D eigenvalue weighted by atomic mass is 10.2. The summed E-state index contributed by atoms with van der Waals surface area (Å²) >= 11 is 5.77. The first-order chi connectivity index (χ1) is 8.75. The minimum atomic E-state index is -0.0273. The number of nitrogens with one attached hydrogen (secondary N) is 2. The number of ether oxygens (including phenoxy) is 1. The number of hydrogen-bond donors (Lipinski definition) is 2. The van der Waals surface area contributed by atoms with E-state index in [1.54, 1.807) is 12.1 Å². The zero-order valence-corrected chi connectivity index (χ0v) is 10.9. The summed E-state index contributed by atoms with van der Waals surface area (Å²) in [6.45, 7) is 1.90. The molecule has 0 aliphatic carbocycles. The van der Waals surface area contributed by atoms with Gasteiger partial charge in [-0.15, -0.1) is 0 Å². The molecule has 1 amide bonds. The fraction of sp³-hybridized carbons (Fsp3) is 0.462. The minimum Gasteiger partial charge on any atom is -0.492 e. The van der Waals surface area contributed by atoms with Crippen molar-refractivity contribution in [3.63, 3.8) is 0 Å². The Labute approximate surface area is 112 Å². The number of carbonyl (C=O) groups excluding carboxylic acids is 1. The first kappa shape index (κ1) is 13.2. The van der Waals surface area contributed by atoms with Crippen molar-refractivity contribution in [3.05, 3.63) is 29.3 Å². The van der Waals surface area contributed by atoms with Gasteiger partial charge in [-0.1, -0.05) is 11.6 Å². The molecule has 0 radical (unpaired) electrons. The zero-order valence-electron chi connectivity index (χ0n) is 10.1. The lowest BCUT2D eigenvalue weighted by molar-refractivity contribution is -0.122. The molecular weight excluding hydrogens is 252 g/mol. The molecule has 1 fully saturated rings. The Balaban J connectivity index is 1.63. The predicted molar refractivity (Wildman–Crippen MR) is 71.0 cm³/mol. The van der Waals surface area contributed by atoms with Gasteiger partial charge in [-0.25, -0.2) is 0 Å². The first-order valence-corrected chi connectivity index (χ1v) is 6.53. The number of rotatable bonds is 5. The molecule has 0 saturated carbocycles. The van der Waals surface area contributed by atoms with E-state index in [1.165, 1.54) is 0 Å². The quantitative estimate of drug-likeness (QED) is 0.798. The molecule has 1 aliphatic heterocycles. The maximum absolute atomic E-state index is 11.7. The molecule has 98 valence electrons. The van der Waals surface area contributed by atoms with Crippen LogP contribution in [0.4, 0.5) is 0 Å². The van der Waals surface area contributed by atoms with E-state index in [1.807, 2.05) is 12.1 Å². The number of benzene rings is 1. The van der Waals surface area contributed by atoms with Crippen molar-refractivity contribution >= 4 is 17.5 Å². The van der Waals surface area contributed by atoms with Crippen molar-refractivity contribution < 1.29 is 9.53 Å². The molecule has 1 saturated heterocycles. The van der Waals surface area contributed by atoms with Gasteiger partial charge in [-0.05, 0) is 43.7 Å². The summed E-state index contributed by atoms with van der Waals surface area (Å²) in [6.07, 6.45) is 1.99. The predicted octanol–water partition coefficient (Wildman–Crippen LogP) is 1.59. The Bertz CT molecular complexity index is 388. The maximum atomic E-state index is 11.7. The van der Waals surface area contributed by atoms with Gasteiger partial charge in [0.2, 0.25) is 5.91 Å². The van der Waals surface area contributed by atoms with Crippen LogP contribution >= 0.6 is 11.6 Å². The van der Waals surface area contributed by atoms with E-state index in [-0.39, 0.29) is 11.9 Å². The van der Waals surface area contributed by atoms with Crippen LogP contribution in [0.25, 0.3) is 0 Å². The first-order valence-electron chi connectivity index (χ1n) is 6.15. The molecule has 0 spiro atoms. The van der Waals surface area contributed by atoms with Gasteiger partial charge in [0, 0.05) is 5.02 Å². The Morgan fingerprint density at radius 1 is 1.44 bits per heavy atom. The highest BCUT2D eigenvalue weighted by Crippen LogP contribution is 2.15. The lowest BCUT2D eigenvalue weighted by Gasteiger charge is -2.11. The third-order valence-corrected chi connectivity index (χ3v) is 3.11. The van der Waals surface area contributed by atoms with Crippen molar-refractivity contribution in [1.29, 1.82) is 0 Å². The molecular formula is C13H17ClN2O2. The fourth-order valence-electron chi connectivity index (χ4n) is 1.91. The monoisotopic (exact) mass is 268 g/mol. The minimum absolute atomic E-state index is 0.0273. The number of amides is 1. The van der Waals surface area contributed by atoms with Gasteiger partial charge in [0.15, 0.2) is 0 Å². The Kier molecular flexibility index (Phi) is 4.84. The Hall–Kier alpha value is -1.26. The third-order valence-electron chi connectivity index (χ3n) is 2.86. The molecule has 0 unspecified atom stereocenters. The van der Waals surface area contributed by atoms with Crippen LogP contribution in [-0.4, -0.2) is 31.6 Å². The summed E-state index contributed by atoms with van der Waals surface area (Å²) in [5.41, 5.74) is 0. The van der Waals surface area contributed by atoms with Crippen LogP contribution in [0, 0.1) is 0 Å². The van der Waals surface area contributed by atoms with Crippen LogP contribution in [-0.2, 0) is 4.79 Å². The zero-order chi connectivity index (χ0) is 12.8. The maximum Gasteiger partial charge on any atom is 0.237 e. The van der Waals surface area contributed by atoms with Gasteiger partial charge in [0.05, 0.1) is 12.6 Å². The number of hydrogen-bond acceptors (Lipinski definition) is 3. The molecule has 5 heteroatoms. The lowest BCUT2D eigenvalue weighted by Crippen LogP contribution is -2.41. The molecule has 2 rings (SSSR count). The second-order valence-corrected chi connectivity index (χ2v) is 4.68. The van der Waals surface area contributed by atoms with E-state index < -0.39 is 0 Å². The largest absolute Gasteiger partial charge is 0.492 e. The molecule has 1 atom stereocenters. The molecule has 4 nitrogen and oxygen atoms in total. The van der Waals surface area contributed by atoms with Crippen molar-refractivity contribution in [1.82, 2.24) is 10.6 Å². The Morgan fingerprint density at radius 2 is 2.22 bits per heavy atom. The standard InChI is InChI=1S/C13H17ClN2O2/c14-10-3-5-11(6-4-10)18-9-8-16-13(17)12-2-1-7-15-12/h3-6,12,15H,1-2,7-9H2,(H,16,17)/t12-/m0/s1. The summed E-state index contributed by atoms with van der Waals surface area (Å²) in [5.74, 6) is 0.819. The van der Waals surface area contributed by atoms with E-state index >= 15 is 0 Å². The third kappa shape index (κ3) is 3.89. The fourth-order valence-corrected chi connectivity index (χ4v) is 2.03. The van der Waals surface area contributed by atoms with E-state index in [9.17, 15) is 4.79 Å². The molecule has 1 aliphatic rings. The smallest absolute Gasteiger partial charge is 0.237 e. The molecule has 1 heterocycles. The summed E-state index contributed by atoms with van der Waals surface area (Å²) < 4.78 is 5.48. The summed E-state index contributed by atoms with van der Waals surface area (Å²) in [6, 6.07) is 7.14. The van der Waals surface area contributed by atoms with Gasteiger partial charge in [0.1, 0.15) is 12.4 Å². The highest BCUT2D eigenvalue weighted by Gasteiger charge is 2.21. The van der Waals surface area contributed by atoms with E-state index in [2.05, 4.69) is 10.6 Å². The summed E-state index contributed by atoms with van der Waals surface area (Å²) in [4.78, 5) is 11.7. The van der Waals surface area contributed by atoms with Crippen molar-refractivity contribution in [2.24, 2.45) is 0 Å². The van der Waals surface area contributed by atoms with Crippen LogP contribution in [0.2, 0.25) is 5.02 Å². The average molecular weight is 269 g/mol. The second-order valence-electron chi connectivity index (χ2n) is 4.24. The topological polar surface area (TPSA) is 50.4 Å². The molecule has 2 N–H and O–H groups in total. The second kappa shape index (κ2) is 6.61. The van der Waals surface area contributed by atoms with Gasteiger partial charge >= 0.3 is 0 Å². The van der Waals surface area contributed by atoms with Gasteiger partial charge in [0.25, 0.3) is 0 Å². The van der Waals surface area contributed by atoms with Crippen molar-refractivity contribution in [3.8, 4) is 5.75 Å². The molecule has 0 aromatic heterocycles. The molecule has 0 bridgehead atoms. The van der Waals surface area contributed by atoms with Crippen LogP contribution in [0.15, 0.2) is 24.3 Å². The number of halogens is 1. The van der Waals surface area contributed by atoms with Crippen LogP contribution < -0.4 is 15.4 Å². The highest BCUT2D eigenvalue weighted by atomic mass is 35.5. The summed E-state index contributed by atoms with van der Waals surface area (Å²) in [7, 11) is 0. The highest BCUT2D eigenvalue weighted by molar-refractivity contribution is 6.30. The van der Waals surface area contributed by atoms with Gasteiger partial charge in [-0.2, -0.15) is 0 Å². The SMILES string of the molecule is O=C(NCCOc1ccc(Cl)cc1)[C@@H]1CCCN1. The molecule has 1 aromatic carbocycles. The average Bonchev–Trinajstić information content (AvgIpc) is 2.90. The van der Waals surface area contributed by atoms with Crippen LogP contribution in [0.3, 0.4) is 0 Å². The van der Waals surface area contributed by atoms with Crippen LogP contribution in [0.5, 0.6) is 5.75 Å². The molecule has 18 heavy (non-hydrogen) atoms.